The molecule has 100 valence electrons. The second-order valence-corrected chi connectivity index (χ2v) is 6.19. The van der Waals surface area contributed by atoms with E-state index in [4.69, 9.17) is 5.73 Å². The maximum Gasteiger partial charge on any atom is 0.131 e. The van der Waals surface area contributed by atoms with E-state index in [0.717, 1.165) is 29.5 Å². The van der Waals surface area contributed by atoms with Gasteiger partial charge in [0.2, 0.25) is 0 Å². The molecule has 2 rings (SSSR count). The van der Waals surface area contributed by atoms with Crippen LogP contribution in [0.5, 0.6) is 0 Å². The molecule has 0 bridgehead atoms. The lowest BCUT2D eigenvalue weighted by molar-refractivity contribution is 0.680. The molecule has 5 heteroatoms. The molecule has 1 aliphatic heterocycles. The summed E-state index contributed by atoms with van der Waals surface area (Å²) in [6, 6.07) is 0.530. The van der Waals surface area contributed by atoms with Gasteiger partial charge in [0.05, 0.1) is 17.6 Å². The molecule has 1 saturated heterocycles. The van der Waals surface area contributed by atoms with E-state index in [-0.39, 0.29) is 0 Å². The molecule has 1 unspecified atom stereocenters. The van der Waals surface area contributed by atoms with Gasteiger partial charge in [-0.3, -0.25) is 0 Å². The molecular formula is C13H22N4S. The molecule has 2 heterocycles. The molecule has 4 nitrogen and oxygen atoms in total. The van der Waals surface area contributed by atoms with Crippen molar-refractivity contribution in [2.45, 2.75) is 39.3 Å². The number of rotatable bonds is 3. The van der Waals surface area contributed by atoms with Crippen molar-refractivity contribution in [3.63, 3.8) is 0 Å². The molecule has 0 aromatic carbocycles. The molecule has 1 aliphatic rings. The highest BCUT2D eigenvalue weighted by Gasteiger charge is 2.22. The lowest BCUT2D eigenvalue weighted by Gasteiger charge is -2.35. The van der Waals surface area contributed by atoms with Crippen LogP contribution in [0.25, 0.3) is 0 Å². The van der Waals surface area contributed by atoms with Gasteiger partial charge in [-0.15, -0.1) is 0 Å². The molecule has 0 spiro atoms. The minimum absolute atomic E-state index is 0.346. The van der Waals surface area contributed by atoms with Gasteiger partial charge < -0.3 is 10.6 Å². The molecule has 1 atom stereocenters. The Balaban J connectivity index is 2.31. The first kappa shape index (κ1) is 13.6. The van der Waals surface area contributed by atoms with Crippen LogP contribution in [0.4, 0.5) is 5.69 Å². The summed E-state index contributed by atoms with van der Waals surface area (Å²) in [5.74, 6) is 3.56. The monoisotopic (exact) mass is 266 g/mol. The second-order valence-electron chi connectivity index (χ2n) is 5.04. The number of anilines is 1. The molecule has 2 N–H and O–H groups in total. The van der Waals surface area contributed by atoms with Crippen molar-refractivity contribution >= 4 is 17.4 Å². The van der Waals surface area contributed by atoms with Crippen molar-refractivity contribution < 1.29 is 0 Å². The quantitative estimate of drug-likeness (QED) is 0.907. The Morgan fingerprint density at radius 3 is 2.94 bits per heavy atom. The van der Waals surface area contributed by atoms with Crippen molar-refractivity contribution in [3.8, 4) is 0 Å². The highest BCUT2D eigenvalue weighted by Crippen LogP contribution is 2.26. The fourth-order valence-electron chi connectivity index (χ4n) is 2.18. The lowest BCUT2D eigenvalue weighted by Crippen LogP contribution is -2.41. The minimum atomic E-state index is 0.346. The van der Waals surface area contributed by atoms with Crippen LogP contribution in [-0.2, 0) is 6.54 Å². The zero-order valence-electron chi connectivity index (χ0n) is 11.4. The molecule has 0 radical (unpaired) electrons. The van der Waals surface area contributed by atoms with E-state index in [9.17, 15) is 0 Å². The van der Waals surface area contributed by atoms with Gasteiger partial charge in [0.15, 0.2) is 0 Å². The van der Waals surface area contributed by atoms with Gasteiger partial charge in [-0.05, 0) is 6.92 Å². The molecule has 1 fully saturated rings. The van der Waals surface area contributed by atoms with Crippen LogP contribution in [0.3, 0.4) is 0 Å². The predicted molar refractivity (Wildman–Crippen MR) is 78.1 cm³/mol. The Morgan fingerprint density at radius 2 is 2.33 bits per heavy atom. The van der Waals surface area contributed by atoms with Crippen LogP contribution in [-0.4, -0.2) is 34.1 Å². The minimum Gasteiger partial charge on any atom is -0.364 e. The average molecular weight is 266 g/mol. The van der Waals surface area contributed by atoms with Gasteiger partial charge in [-0.1, -0.05) is 13.8 Å². The molecular weight excluding hydrogens is 244 g/mol. The SMILES string of the molecule is CC(C)c1ncc(N2CCSCC2C)c(CN)n1. The van der Waals surface area contributed by atoms with Crippen molar-refractivity contribution in [3.05, 3.63) is 17.7 Å². The number of hydrogen-bond acceptors (Lipinski definition) is 5. The summed E-state index contributed by atoms with van der Waals surface area (Å²) in [6.45, 7) is 8.00. The number of nitrogens with zero attached hydrogens (tertiary/aromatic N) is 3. The maximum absolute atomic E-state index is 5.85. The van der Waals surface area contributed by atoms with Crippen LogP contribution in [0.15, 0.2) is 6.20 Å². The Kier molecular flexibility index (Phi) is 4.45. The third-order valence-corrected chi connectivity index (χ3v) is 4.44. The maximum atomic E-state index is 5.85. The van der Waals surface area contributed by atoms with Gasteiger partial charge in [-0.25, -0.2) is 9.97 Å². The first-order valence-electron chi connectivity index (χ1n) is 6.53. The number of aromatic nitrogens is 2. The van der Waals surface area contributed by atoms with Crippen molar-refractivity contribution in [1.82, 2.24) is 9.97 Å². The Morgan fingerprint density at radius 1 is 1.56 bits per heavy atom. The Labute approximate surface area is 113 Å². The molecule has 1 aromatic heterocycles. The van der Waals surface area contributed by atoms with Gasteiger partial charge in [0.25, 0.3) is 0 Å². The fourth-order valence-corrected chi connectivity index (χ4v) is 3.19. The lowest BCUT2D eigenvalue weighted by atomic mass is 10.2. The summed E-state index contributed by atoms with van der Waals surface area (Å²) in [5.41, 5.74) is 7.95. The normalized spacial score (nSPS) is 20.5. The van der Waals surface area contributed by atoms with Crippen LogP contribution in [0.2, 0.25) is 0 Å². The Hall–Kier alpha value is -0.810. The van der Waals surface area contributed by atoms with Gasteiger partial charge in [0, 0.05) is 36.6 Å². The van der Waals surface area contributed by atoms with Crippen LogP contribution < -0.4 is 10.6 Å². The fraction of sp³-hybridized carbons (Fsp3) is 0.692. The summed E-state index contributed by atoms with van der Waals surface area (Å²) in [7, 11) is 0. The van der Waals surface area contributed by atoms with Gasteiger partial charge in [-0.2, -0.15) is 11.8 Å². The second kappa shape index (κ2) is 5.89. The summed E-state index contributed by atoms with van der Waals surface area (Å²) in [4.78, 5) is 11.5. The third-order valence-electron chi connectivity index (χ3n) is 3.25. The zero-order chi connectivity index (χ0) is 13.1. The van der Waals surface area contributed by atoms with E-state index >= 15 is 0 Å². The van der Waals surface area contributed by atoms with E-state index in [1.165, 1.54) is 5.75 Å². The molecule has 0 aliphatic carbocycles. The topological polar surface area (TPSA) is 55.0 Å². The predicted octanol–water partition coefficient (Wildman–Crippen LogP) is 2.00. The largest absolute Gasteiger partial charge is 0.364 e. The van der Waals surface area contributed by atoms with Crippen LogP contribution in [0.1, 0.15) is 38.2 Å². The summed E-state index contributed by atoms with van der Waals surface area (Å²) < 4.78 is 0. The zero-order valence-corrected chi connectivity index (χ0v) is 12.2. The summed E-state index contributed by atoms with van der Waals surface area (Å²) in [5, 5.41) is 0. The number of thioether (sulfide) groups is 1. The standard InChI is InChI=1S/C13H22N4S/c1-9(2)13-15-7-12(11(6-14)16-13)17-4-5-18-8-10(17)3/h7,9-10H,4-6,8,14H2,1-3H3. The van der Waals surface area contributed by atoms with Crippen LogP contribution in [0, 0.1) is 0 Å². The van der Waals surface area contributed by atoms with E-state index in [0.29, 0.717) is 18.5 Å². The number of nitrogens with two attached hydrogens (primary N) is 1. The van der Waals surface area contributed by atoms with E-state index < -0.39 is 0 Å². The van der Waals surface area contributed by atoms with Crippen molar-refractivity contribution in [2.75, 3.05) is 23.0 Å². The van der Waals surface area contributed by atoms with Gasteiger partial charge >= 0.3 is 0 Å². The van der Waals surface area contributed by atoms with Crippen molar-refractivity contribution in [1.29, 1.82) is 0 Å². The Bertz CT molecular complexity index is 408. The summed E-state index contributed by atoms with van der Waals surface area (Å²) in [6.07, 6.45) is 1.96. The van der Waals surface area contributed by atoms with E-state index in [2.05, 4.69) is 35.6 Å². The average Bonchev–Trinajstić information content (AvgIpc) is 2.38. The molecule has 18 heavy (non-hydrogen) atoms. The highest BCUT2D eigenvalue weighted by molar-refractivity contribution is 7.99. The smallest absolute Gasteiger partial charge is 0.131 e. The third kappa shape index (κ3) is 2.78. The first-order valence-corrected chi connectivity index (χ1v) is 7.69. The van der Waals surface area contributed by atoms with Gasteiger partial charge in [0.1, 0.15) is 5.82 Å². The summed E-state index contributed by atoms with van der Waals surface area (Å²) >= 11 is 2.01. The molecule has 0 saturated carbocycles. The van der Waals surface area contributed by atoms with Crippen LogP contribution >= 0.6 is 11.8 Å². The molecule has 1 aromatic rings. The van der Waals surface area contributed by atoms with Crippen molar-refractivity contribution in [2.24, 2.45) is 5.73 Å². The number of hydrogen-bond donors (Lipinski definition) is 1. The molecule has 0 amide bonds. The van der Waals surface area contributed by atoms with E-state index in [1.54, 1.807) is 0 Å². The first-order chi connectivity index (χ1) is 8.63. The van der Waals surface area contributed by atoms with E-state index in [1.807, 2.05) is 18.0 Å². The highest BCUT2D eigenvalue weighted by atomic mass is 32.2.